The maximum atomic E-state index is 12.7. The van der Waals surface area contributed by atoms with Crippen LogP contribution in [0.1, 0.15) is 58.3 Å². The van der Waals surface area contributed by atoms with Gasteiger partial charge >= 0.3 is 0 Å². The van der Waals surface area contributed by atoms with Gasteiger partial charge in [0.25, 0.3) is 0 Å². The monoisotopic (exact) mass is 395 g/mol. The quantitative estimate of drug-likeness (QED) is 0.426. The summed E-state index contributed by atoms with van der Waals surface area (Å²) >= 11 is 0. The molecule has 1 fully saturated rings. The first-order valence-corrected chi connectivity index (χ1v) is 10.9. The molecule has 1 heterocycles. The van der Waals surface area contributed by atoms with E-state index in [1.807, 2.05) is 47.4 Å². The second-order valence-corrected chi connectivity index (χ2v) is 7.64. The number of hydrogen-bond acceptors (Lipinski definition) is 3. The normalized spacial score (nSPS) is 16.4. The molecule has 0 aliphatic carbocycles. The van der Waals surface area contributed by atoms with E-state index >= 15 is 0 Å². The molecule has 0 radical (unpaired) electrons. The molecule has 156 valence electrons. The largest absolute Gasteiger partial charge is 0.497 e. The molecule has 1 atom stereocenters. The van der Waals surface area contributed by atoms with Crippen LogP contribution >= 0.6 is 0 Å². The van der Waals surface area contributed by atoms with Crippen molar-refractivity contribution in [1.29, 1.82) is 0 Å². The molecular formula is C25H33NO3. The van der Waals surface area contributed by atoms with Gasteiger partial charge in [0.15, 0.2) is 0 Å². The van der Waals surface area contributed by atoms with Crippen molar-refractivity contribution in [2.24, 2.45) is 0 Å². The van der Waals surface area contributed by atoms with Crippen LogP contribution in [0.15, 0.2) is 48.5 Å². The smallest absolute Gasteiger partial charge is 0.229 e. The van der Waals surface area contributed by atoms with Crippen LogP contribution in [-0.4, -0.2) is 25.9 Å². The van der Waals surface area contributed by atoms with Crippen LogP contribution in [0.25, 0.3) is 11.1 Å². The number of anilines is 1. The van der Waals surface area contributed by atoms with E-state index in [1.54, 1.807) is 7.11 Å². The number of hydrogen-bond donors (Lipinski definition) is 0. The van der Waals surface area contributed by atoms with E-state index in [-0.39, 0.29) is 12.1 Å². The van der Waals surface area contributed by atoms with Gasteiger partial charge in [-0.25, -0.2) is 0 Å². The van der Waals surface area contributed by atoms with Gasteiger partial charge in [0.1, 0.15) is 12.0 Å². The van der Waals surface area contributed by atoms with Gasteiger partial charge in [0, 0.05) is 25.0 Å². The third kappa shape index (κ3) is 5.60. The summed E-state index contributed by atoms with van der Waals surface area (Å²) in [7, 11) is 1.67. The maximum Gasteiger partial charge on any atom is 0.229 e. The van der Waals surface area contributed by atoms with Crippen LogP contribution in [0.5, 0.6) is 5.75 Å². The first-order chi connectivity index (χ1) is 14.2. The second kappa shape index (κ2) is 11.0. The fourth-order valence-electron chi connectivity index (χ4n) is 3.92. The summed E-state index contributed by atoms with van der Waals surface area (Å²) in [4.78, 5) is 14.6. The average molecular weight is 396 g/mol. The maximum absolute atomic E-state index is 12.7. The molecule has 1 saturated heterocycles. The highest BCUT2D eigenvalue weighted by atomic mass is 16.5. The molecule has 2 aromatic rings. The molecular weight excluding hydrogens is 362 g/mol. The van der Waals surface area contributed by atoms with Crippen molar-refractivity contribution in [3.8, 4) is 16.9 Å². The summed E-state index contributed by atoms with van der Waals surface area (Å²) in [5.41, 5.74) is 2.97. The van der Waals surface area contributed by atoms with Gasteiger partial charge in [-0.2, -0.15) is 0 Å². The molecule has 0 bridgehead atoms. The molecule has 1 aliphatic heterocycles. The van der Waals surface area contributed by atoms with Crippen molar-refractivity contribution in [1.82, 2.24) is 0 Å². The van der Waals surface area contributed by atoms with E-state index in [0.29, 0.717) is 13.0 Å². The second-order valence-electron chi connectivity index (χ2n) is 7.64. The van der Waals surface area contributed by atoms with E-state index < -0.39 is 0 Å². The molecule has 4 heteroatoms. The lowest BCUT2D eigenvalue weighted by Gasteiger charge is -2.27. The fraction of sp³-hybridized carbons (Fsp3) is 0.480. The van der Waals surface area contributed by atoms with Crippen molar-refractivity contribution in [2.45, 2.75) is 64.5 Å². The number of amides is 1. The first-order valence-electron chi connectivity index (χ1n) is 10.9. The minimum atomic E-state index is -0.176. The summed E-state index contributed by atoms with van der Waals surface area (Å²) in [6, 6.07) is 16.0. The zero-order valence-electron chi connectivity index (χ0n) is 17.7. The highest BCUT2D eigenvalue weighted by molar-refractivity contribution is 5.99. The number of unbranched alkanes of at least 4 members (excludes halogenated alkanes) is 5. The molecule has 1 aliphatic rings. The number of para-hydroxylation sites is 1. The lowest BCUT2D eigenvalue weighted by Crippen LogP contribution is -2.35. The van der Waals surface area contributed by atoms with Gasteiger partial charge < -0.3 is 9.47 Å². The van der Waals surface area contributed by atoms with Gasteiger partial charge in [0.2, 0.25) is 5.91 Å². The van der Waals surface area contributed by atoms with Crippen molar-refractivity contribution in [3.05, 3.63) is 48.5 Å². The first kappa shape index (κ1) is 21.4. The Labute approximate surface area is 174 Å². The molecule has 3 rings (SSSR count). The topological polar surface area (TPSA) is 38.8 Å². The fourth-order valence-corrected chi connectivity index (χ4v) is 3.92. The Morgan fingerprint density at radius 2 is 1.79 bits per heavy atom. The molecule has 4 nitrogen and oxygen atoms in total. The van der Waals surface area contributed by atoms with Gasteiger partial charge in [0.05, 0.1) is 12.8 Å². The van der Waals surface area contributed by atoms with Gasteiger partial charge in [-0.1, -0.05) is 69.4 Å². The Bertz CT molecular complexity index is 789. The molecule has 0 aromatic heterocycles. The number of benzene rings is 2. The number of carbonyl (C=O) groups excluding carboxylic acids is 1. The van der Waals surface area contributed by atoms with Crippen LogP contribution in [-0.2, 0) is 9.53 Å². The van der Waals surface area contributed by atoms with Crippen LogP contribution in [0.3, 0.4) is 0 Å². The highest BCUT2D eigenvalue weighted by Gasteiger charge is 2.34. The van der Waals surface area contributed by atoms with Crippen molar-refractivity contribution < 1.29 is 14.3 Å². The number of methoxy groups -OCH3 is 1. The van der Waals surface area contributed by atoms with Crippen LogP contribution in [0.4, 0.5) is 5.69 Å². The number of ether oxygens (including phenoxy) is 2. The van der Waals surface area contributed by atoms with E-state index in [0.717, 1.165) is 35.4 Å². The van der Waals surface area contributed by atoms with Crippen LogP contribution in [0, 0.1) is 0 Å². The third-order valence-electron chi connectivity index (χ3n) is 5.51. The van der Waals surface area contributed by atoms with E-state index in [1.165, 1.54) is 32.1 Å². The van der Waals surface area contributed by atoms with Crippen molar-refractivity contribution >= 4 is 11.6 Å². The van der Waals surface area contributed by atoms with Crippen LogP contribution in [0.2, 0.25) is 0 Å². The van der Waals surface area contributed by atoms with Crippen LogP contribution < -0.4 is 9.64 Å². The predicted octanol–water partition coefficient (Wildman–Crippen LogP) is 6.19. The molecule has 1 amide bonds. The summed E-state index contributed by atoms with van der Waals surface area (Å²) in [6.45, 7) is 2.94. The van der Waals surface area contributed by atoms with E-state index in [4.69, 9.17) is 9.47 Å². The minimum Gasteiger partial charge on any atom is -0.497 e. The van der Waals surface area contributed by atoms with Gasteiger partial charge in [-0.15, -0.1) is 0 Å². The number of rotatable bonds is 11. The van der Waals surface area contributed by atoms with E-state index in [9.17, 15) is 4.79 Å². The van der Waals surface area contributed by atoms with Crippen molar-refractivity contribution in [3.63, 3.8) is 0 Å². The summed E-state index contributed by atoms with van der Waals surface area (Å²) < 4.78 is 11.5. The molecule has 0 spiro atoms. The summed E-state index contributed by atoms with van der Waals surface area (Å²) in [6.07, 6.45) is 8.51. The zero-order valence-corrected chi connectivity index (χ0v) is 17.7. The minimum absolute atomic E-state index is 0.133. The summed E-state index contributed by atoms with van der Waals surface area (Å²) in [5.74, 6) is 0.939. The molecule has 0 saturated carbocycles. The lowest BCUT2D eigenvalue weighted by molar-refractivity contribution is -0.117. The lowest BCUT2D eigenvalue weighted by atomic mass is 10.0. The molecule has 29 heavy (non-hydrogen) atoms. The number of nitrogens with zero attached hydrogens (tertiary/aromatic N) is 1. The average Bonchev–Trinajstić information content (AvgIpc) is 3.13. The molecule has 1 unspecified atom stereocenters. The Kier molecular flexibility index (Phi) is 8.12. The Morgan fingerprint density at radius 1 is 1.00 bits per heavy atom. The predicted molar refractivity (Wildman–Crippen MR) is 118 cm³/mol. The highest BCUT2D eigenvalue weighted by Crippen LogP contribution is 2.37. The Hall–Kier alpha value is -2.33. The van der Waals surface area contributed by atoms with Gasteiger partial charge in [-0.3, -0.25) is 9.69 Å². The molecule has 0 N–H and O–H groups in total. The van der Waals surface area contributed by atoms with Gasteiger partial charge in [-0.05, 0) is 30.2 Å². The van der Waals surface area contributed by atoms with Crippen molar-refractivity contribution in [2.75, 3.05) is 18.6 Å². The standard InChI is InChI=1S/C25H33NO3/c1-3-4-5-6-7-10-18-29-25-17-16-24(27)26(25)23-15-9-8-14-22(23)20-12-11-13-21(19-20)28-2/h8-9,11-15,19,25H,3-7,10,16-18H2,1-2H3. The Balaban J connectivity index is 1.70. The zero-order chi connectivity index (χ0) is 20.5. The summed E-state index contributed by atoms with van der Waals surface area (Å²) in [5, 5.41) is 0. The Morgan fingerprint density at radius 3 is 2.62 bits per heavy atom. The van der Waals surface area contributed by atoms with E-state index in [2.05, 4.69) is 13.0 Å². The number of carbonyl (C=O) groups is 1. The third-order valence-corrected chi connectivity index (χ3v) is 5.51. The molecule has 2 aromatic carbocycles. The SMILES string of the molecule is CCCCCCCCOC1CCC(=O)N1c1ccccc1-c1cccc(OC)c1.